The number of fused-ring (bicyclic) bond motifs is 1. The van der Waals surface area contributed by atoms with E-state index >= 15 is 0 Å². The quantitative estimate of drug-likeness (QED) is 0.743. The van der Waals surface area contributed by atoms with Gasteiger partial charge in [-0.15, -0.1) is 11.3 Å². The molecule has 2 aromatic carbocycles. The van der Waals surface area contributed by atoms with Gasteiger partial charge in [-0.1, -0.05) is 30.3 Å². The van der Waals surface area contributed by atoms with Crippen molar-refractivity contribution in [1.29, 1.82) is 0 Å². The standard InChI is InChI=1S/C16H14BrNOS/c1-19-14-7-6-13(11-4-2-3-5-12(11)14)16(18)10-8-15(17)20-9-10/h2-9,16H,18H2,1H3. The van der Waals surface area contributed by atoms with Gasteiger partial charge in [0.25, 0.3) is 0 Å². The van der Waals surface area contributed by atoms with E-state index in [0.29, 0.717) is 0 Å². The fraction of sp³-hybridized carbons (Fsp3) is 0.125. The molecule has 0 fully saturated rings. The van der Waals surface area contributed by atoms with E-state index in [1.165, 1.54) is 0 Å². The number of hydrogen-bond acceptors (Lipinski definition) is 3. The molecule has 1 heterocycles. The van der Waals surface area contributed by atoms with Crippen LogP contribution in [0.25, 0.3) is 10.8 Å². The first kappa shape index (κ1) is 13.6. The van der Waals surface area contributed by atoms with Crippen LogP contribution in [0.2, 0.25) is 0 Å². The van der Waals surface area contributed by atoms with Crippen LogP contribution in [0.4, 0.5) is 0 Å². The zero-order valence-electron chi connectivity index (χ0n) is 11.0. The van der Waals surface area contributed by atoms with Crippen LogP contribution in [0.5, 0.6) is 5.75 Å². The molecule has 2 N–H and O–H groups in total. The summed E-state index contributed by atoms with van der Waals surface area (Å²) in [5.74, 6) is 0.878. The number of halogens is 1. The Hall–Kier alpha value is -1.36. The van der Waals surface area contributed by atoms with Gasteiger partial charge in [0.2, 0.25) is 0 Å². The number of rotatable bonds is 3. The largest absolute Gasteiger partial charge is 0.496 e. The molecule has 0 aliphatic rings. The second kappa shape index (κ2) is 5.56. The van der Waals surface area contributed by atoms with Crippen LogP contribution < -0.4 is 10.5 Å². The molecule has 102 valence electrons. The Labute approximate surface area is 130 Å². The molecule has 1 atom stereocenters. The van der Waals surface area contributed by atoms with Crippen molar-refractivity contribution in [2.45, 2.75) is 6.04 Å². The van der Waals surface area contributed by atoms with Gasteiger partial charge < -0.3 is 10.5 Å². The van der Waals surface area contributed by atoms with Crippen molar-refractivity contribution in [3.63, 3.8) is 0 Å². The third-order valence-corrected chi connectivity index (χ3v) is 4.94. The molecule has 0 radical (unpaired) electrons. The molecule has 4 heteroatoms. The lowest BCUT2D eigenvalue weighted by atomic mass is 9.95. The average Bonchev–Trinajstić information content (AvgIpc) is 2.92. The molecule has 1 aromatic heterocycles. The molecule has 0 bridgehead atoms. The lowest BCUT2D eigenvalue weighted by Crippen LogP contribution is -2.11. The van der Waals surface area contributed by atoms with E-state index in [1.54, 1.807) is 18.4 Å². The summed E-state index contributed by atoms with van der Waals surface area (Å²) < 4.78 is 6.52. The molecule has 1 unspecified atom stereocenters. The van der Waals surface area contributed by atoms with E-state index in [2.05, 4.69) is 45.6 Å². The Kier molecular flexibility index (Phi) is 3.78. The molecule has 0 aliphatic heterocycles. The summed E-state index contributed by atoms with van der Waals surface area (Å²) in [6, 6.07) is 14.2. The van der Waals surface area contributed by atoms with Crippen LogP contribution in [-0.4, -0.2) is 7.11 Å². The molecule has 2 nitrogen and oxygen atoms in total. The molecule has 0 saturated carbocycles. The predicted molar refractivity (Wildman–Crippen MR) is 88.5 cm³/mol. The minimum absolute atomic E-state index is 0.131. The summed E-state index contributed by atoms with van der Waals surface area (Å²) in [6.07, 6.45) is 0. The zero-order chi connectivity index (χ0) is 14.1. The van der Waals surface area contributed by atoms with E-state index in [9.17, 15) is 0 Å². The normalized spacial score (nSPS) is 12.6. The molecule has 3 rings (SSSR count). The van der Waals surface area contributed by atoms with Crippen LogP contribution in [0.3, 0.4) is 0 Å². The molecule has 0 spiro atoms. The van der Waals surface area contributed by atoms with E-state index in [-0.39, 0.29) is 6.04 Å². The van der Waals surface area contributed by atoms with Crippen LogP contribution in [0, 0.1) is 0 Å². The highest BCUT2D eigenvalue weighted by atomic mass is 79.9. The van der Waals surface area contributed by atoms with Crippen molar-refractivity contribution in [3.05, 3.63) is 62.8 Å². The van der Waals surface area contributed by atoms with Gasteiger partial charge in [-0.2, -0.15) is 0 Å². The van der Waals surface area contributed by atoms with Crippen molar-refractivity contribution in [3.8, 4) is 5.75 Å². The Morgan fingerprint density at radius 1 is 1.15 bits per heavy atom. The summed E-state index contributed by atoms with van der Waals surface area (Å²) >= 11 is 5.14. The van der Waals surface area contributed by atoms with E-state index < -0.39 is 0 Å². The average molecular weight is 348 g/mol. The minimum Gasteiger partial charge on any atom is -0.496 e. The molecular weight excluding hydrogens is 334 g/mol. The summed E-state index contributed by atoms with van der Waals surface area (Å²) in [7, 11) is 1.69. The molecule has 0 amide bonds. The number of thiophene rings is 1. The number of ether oxygens (including phenoxy) is 1. The van der Waals surface area contributed by atoms with Crippen molar-refractivity contribution < 1.29 is 4.74 Å². The third-order valence-electron chi connectivity index (χ3n) is 3.42. The SMILES string of the molecule is COc1ccc(C(N)c2csc(Br)c2)c2ccccc12. The zero-order valence-corrected chi connectivity index (χ0v) is 13.4. The van der Waals surface area contributed by atoms with Crippen LogP contribution in [-0.2, 0) is 0 Å². The first-order chi connectivity index (χ1) is 9.70. The first-order valence-electron chi connectivity index (χ1n) is 6.26. The van der Waals surface area contributed by atoms with Gasteiger partial charge in [0.1, 0.15) is 5.75 Å². The maximum absolute atomic E-state index is 6.43. The van der Waals surface area contributed by atoms with Crippen molar-refractivity contribution >= 4 is 38.0 Å². The Bertz CT molecular complexity index is 753. The summed E-state index contributed by atoms with van der Waals surface area (Å²) in [5.41, 5.74) is 8.67. The maximum atomic E-state index is 6.43. The summed E-state index contributed by atoms with van der Waals surface area (Å²) in [4.78, 5) is 0. The third kappa shape index (κ3) is 2.35. The number of hydrogen-bond donors (Lipinski definition) is 1. The second-order valence-electron chi connectivity index (χ2n) is 4.56. The van der Waals surface area contributed by atoms with Gasteiger partial charge in [-0.3, -0.25) is 0 Å². The topological polar surface area (TPSA) is 35.2 Å². The van der Waals surface area contributed by atoms with Crippen LogP contribution in [0.1, 0.15) is 17.2 Å². The van der Waals surface area contributed by atoms with Crippen molar-refractivity contribution in [2.75, 3.05) is 7.11 Å². The Morgan fingerprint density at radius 3 is 2.55 bits per heavy atom. The van der Waals surface area contributed by atoms with Crippen LogP contribution >= 0.6 is 27.3 Å². The first-order valence-corrected chi connectivity index (χ1v) is 7.93. The number of methoxy groups -OCH3 is 1. The molecule has 3 aromatic rings. The van der Waals surface area contributed by atoms with E-state index in [0.717, 1.165) is 31.4 Å². The summed E-state index contributed by atoms with van der Waals surface area (Å²) in [5, 5.41) is 4.33. The fourth-order valence-electron chi connectivity index (χ4n) is 2.41. The highest BCUT2D eigenvalue weighted by molar-refractivity contribution is 9.11. The lowest BCUT2D eigenvalue weighted by molar-refractivity contribution is 0.419. The van der Waals surface area contributed by atoms with E-state index in [1.807, 2.05) is 18.2 Å². The lowest BCUT2D eigenvalue weighted by Gasteiger charge is -2.15. The van der Waals surface area contributed by atoms with Crippen molar-refractivity contribution in [2.24, 2.45) is 5.73 Å². The molecule has 0 saturated heterocycles. The monoisotopic (exact) mass is 347 g/mol. The smallest absolute Gasteiger partial charge is 0.126 e. The number of nitrogens with two attached hydrogens (primary N) is 1. The van der Waals surface area contributed by atoms with E-state index in [4.69, 9.17) is 10.5 Å². The molecule has 0 aliphatic carbocycles. The second-order valence-corrected chi connectivity index (χ2v) is 6.85. The summed E-state index contributed by atoms with van der Waals surface area (Å²) in [6.45, 7) is 0. The maximum Gasteiger partial charge on any atom is 0.126 e. The van der Waals surface area contributed by atoms with Gasteiger partial charge >= 0.3 is 0 Å². The Balaban J connectivity index is 2.17. The number of benzene rings is 2. The van der Waals surface area contributed by atoms with Gasteiger partial charge in [0, 0.05) is 5.39 Å². The van der Waals surface area contributed by atoms with Gasteiger partial charge in [0.15, 0.2) is 0 Å². The highest BCUT2D eigenvalue weighted by Gasteiger charge is 2.15. The highest BCUT2D eigenvalue weighted by Crippen LogP contribution is 2.34. The van der Waals surface area contributed by atoms with Gasteiger partial charge in [0.05, 0.1) is 16.9 Å². The van der Waals surface area contributed by atoms with Gasteiger partial charge in [-0.05, 0) is 50.0 Å². The molecule has 20 heavy (non-hydrogen) atoms. The minimum atomic E-state index is -0.131. The molecular formula is C16H14BrNOS. The predicted octanol–water partition coefficient (Wildman–Crippen LogP) is 4.72. The van der Waals surface area contributed by atoms with Crippen LogP contribution in [0.15, 0.2) is 51.6 Å². The van der Waals surface area contributed by atoms with Gasteiger partial charge in [-0.25, -0.2) is 0 Å². The van der Waals surface area contributed by atoms with Crippen molar-refractivity contribution in [1.82, 2.24) is 0 Å². The Morgan fingerprint density at radius 2 is 1.90 bits per heavy atom. The fourth-order valence-corrected chi connectivity index (χ4v) is 3.62.